The molecule has 2 atom stereocenters. The number of nitrogens with two attached hydrogens (primary N) is 1. The molecule has 0 radical (unpaired) electrons. The summed E-state index contributed by atoms with van der Waals surface area (Å²) in [6.45, 7) is 0.518. The number of benzene rings is 3. The number of aryl methyl sites for hydroxylation is 1. The first-order valence-electron chi connectivity index (χ1n) is 9.96. The van der Waals surface area contributed by atoms with Crippen LogP contribution >= 0.6 is 32.2 Å². The fraction of sp³-hybridized carbons (Fsp3) is 0.167. The normalized spacial score (nSPS) is 12.9. The second-order valence-electron chi connectivity index (χ2n) is 7.01. The highest BCUT2D eigenvalue weighted by atomic mass is 35.5. The van der Waals surface area contributed by atoms with Crippen molar-refractivity contribution in [3.8, 4) is 5.75 Å². The molecular formula is C24H24ClFNO3PS. The maximum Gasteiger partial charge on any atom is 0.147 e. The lowest BCUT2D eigenvalue weighted by atomic mass is 10.1. The van der Waals surface area contributed by atoms with Gasteiger partial charge in [-0.05, 0) is 60.4 Å². The average Bonchev–Trinajstić information content (AvgIpc) is 2.78. The van der Waals surface area contributed by atoms with Crippen molar-refractivity contribution in [1.82, 2.24) is 0 Å². The molecule has 32 heavy (non-hydrogen) atoms. The zero-order chi connectivity index (χ0) is 22.8. The summed E-state index contributed by atoms with van der Waals surface area (Å²) in [5.41, 5.74) is 7.39. The summed E-state index contributed by atoms with van der Waals surface area (Å²) in [6, 6.07) is 23.4. The van der Waals surface area contributed by atoms with Crippen molar-refractivity contribution in [3.63, 3.8) is 0 Å². The van der Waals surface area contributed by atoms with E-state index in [1.165, 1.54) is 6.08 Å². The lowest BCUT2D eigenvalue weighted by Crippen LogP contribution is -2.17. The van der Waals surface area contributed by atoms with Crippen molar-refractivity contribution >= 4 is 32.2 Å². The van der Waals surface area contributed by atoms with E-state index in [2.05, 4.69) is 4.67 Å². The average molecular weight is 492 g/mol. The fourth-order valence-electron chi connectivity index (χ4n) is 2.97. The highest BCUT2D eigenvalue weighted by Crippen LogP contribution is 2.33. The molecule has 2 unspecified atom stereocenters. The molecule has 3 rings (SSSR count). The van der Waals surface area contributed by atoms with E-state index >= 15 is 0 Å². The van der Waals surface area contributed by atoms with Gasteiger partial charge in [-0.25, -0.2) is 14.3 Å². The van der Waals surface area contributed by atoms with Crippen LogP contribution in [0.3, 0.4) is 0 Å². The van der Waals surface area contributed by atoms with Crippen LogP contribution < -0.4 is 10.5 Å². The van der Waals surface area contributed by atoms with Crippen LogP contribution in [0.15, 0.2) is 94.2 Å². The minimum absolute atomic E-state index is 0.485. The third kappa shape index (κ3) is 8.21. The minimum atomic E-state index is -0.742. The molecular weight excluding hydrogens is 468 g/mol. The summed E-state index contributed by atoms with van der Waals surface area (Å²) in [7, 11) is -0.742. The number of rotatable bonds is 11. The van der Waals surface area contributed by atoms with E-state index in [-0.39, 0.29) is 0 Å². The summed E-state index contributed by atoms with van der Waals surface area (Å²) in [5, 5.41) is 8.92. The Bertz CT molecular complexity index is 1040. The molecule has 8 heteroatoms. The summed E-state index contributed by atoms with van der Waals surface area (Å²) in [6.07, 6.45) is 2.39. The smallest absolute Gasteiger partial charge is 0.147 e. The Kier molecular flexibility index (Phi) is 10.0. The Morgan fingerprint density at radius 1 is 1.09 bits per heavy atom. The Hall–Kier alpha value is -1.92. The van der Waals surface area contributed by atoms with Gasteiger partial charge in [0.25, 0.3) is 0 Å². The van der Waals surface area contributed by atoms with Crippen LogP contribution in [0.1, 0.15) is 17.5 Å². The van der Waals surface area contributed by atoms with Gasteiger partial charge in [0.2, 0.25) is 0 Å². The Balaban J connectivity index is 1.56. The molecule has 0 aliphatic carbocycles. The third-order valence-electron chi connectivity index (χ3n) is 4.56. The van der Waals surface area contributed by atoms with Crippen molar-refractivity contribution in [2.45, 2.75) is 35.3 Å². The van der Waals surface area contributed by atoms with Crippen LogP contribution in [0.5, 0.6) is 5.75 Å². The van der Waals surface area contributed by atoms with Crippen molar-refractivity contribution in [2.75, 3.05) is 0 Å². The first-order chi connectivity index (χ1) is 15.5. The SMILES string of the molecule is NC(/C=C(/F)POO)CCc1ccc(Sc2cccc(OCc3ccccc3)c2)cc1Cl. The summed E-state index contributed by atoms with van der Waals surface area (Å²) in [4.78, 5) is 2.06. The molecule has 3 N–H and O–H groups in total. The number of hydrogen-bond donors (Lipinski definition) is 2. The van der Waals surface area contributed by atoms with Crippen LogP contribution in [0.25, 0.3) is 0 Å². The monoisotopic (exact) mass is 491 g/mol. The molecule has 3 aromatic carbocycles. The van der Waals surface area contributed by atoms with Gasteiger partial charge in [0.1, 0.15) is 26.7 Å². The molecule has 0 aromatic heterocycles. The molecule has 4 nitrogen and oxygen atoms in total. The first kappa shape index (κ1) is 24.7. The zero-order valence-corrected chi connectivity index (χ0v) is 19.8. The highest BCUT2D eigenvalue weighted by Gasteiger charge is 2.08. The Labute approximate surface area is 198 Å². The van der Waals surface area contributed by atoms with E-state index < -0.39 is 20.4 Å². The Morgan fingerprint density at radius 2 is 1.88 bits per heavy atom. The van der Waals surface area contributed by atoms with Gasteiger partial charge in [-0.15, -0.1) is 0 Å². The molecule has 0 heterocycles. The van der Waals surface area contributed by atoms with Gasteiger partial charge in [-0.2, -0.15) is 0 Å². The maximum absolute atomic E-state index is 13.4. The number of halogens is 2. The van der Waals surface area contributed by atoms with Crippen LogP contribution in [0, 0.1) is 0 Å². The predicted molar refractivity (Wildman–Crippen MR) is 130 cm³/mol. The second kappa shape index (κ2) is 12.9. The summed E-state index contributed by atoms with van der Waals surface area (Å²) < 4.78 is 23.0. The largest absolute Gasteiger partial charge is 0.489 e. The molecule has 3 aromatic rings. The molecule has 168 valence electrons. The molecule has 0 saturated heterocycles. The van der Waals surface area contributed by atoms with Crippen molar-refractivity contribution in [1.29, 1.82) is 0 Å². The minimum Gasteiger partial charge on any atom is -0.489 e. The van der Waals surface area contributed by atoms with Crippen LogP contribution in [0.4, 0.5) is 4.39 Å². The second-order valence-corrected chi connectivity index (χ2v) is 9.43. The maximum atomic E-state index is 13.4. The van der Waals surface area contributed by atoms with Crippen molar-refractivity contribution in [3.05, 3.63) is 101 Å². The summed E-state index contributed by atoms with van der Waals surface area (Å²) in [5.74, 6) is 0.808. The highest BCUT2D eigenvalue weighted by molar-refractivity contribution is 7.99. The van der Waals surface area contributed by atoms with E-state index in [1.54, 1.807) is 11.8 Å². The molecule has 0 fully saturated rings. The molecule has 0 spiro atoms. The van der Waals surface area contributed by atoms with Crippen LogP contribution in [-0.4, -0.2) is 11.3 Å². The van der Waals surface area contributed by atoms with Crippen molar-refractivity contribution < 1.29 is 19.1 Å². The summed E-state index contributed by atoms with van der Waals surface area (Å²) >= 11 is 8.06. The third-order valence-corrected chi connectivity index (χ3v) is 6.35. The van der Waals surface area contributed by atoms with Gasteiger partial charge >= 0.3 is 0 Å². The quantitative estimate of drug-likeness (QED) is 0.168. The number of hydrogen-bond acceptors (Lipinski definition) is 5. The Morgan fingerprint density at radius 3 is 2.62 bits per heavy atom. The first-order valence-corrected chi connectivity index (χ1v) is 12.1. The van der Waals surface area contributed by atoms with E-state index in [9.17, 15) is 4.39 Å². The molecule has 0 saturated carbocycles. The van der Waals surface area contributed by atoms with E-state index in [4.69, 9.17) is 27.3 Å². The molecule has 0 aliphatic heterocycles. The predicted octanol–water partition coefficient (Wildman–Crippen LogP) is 7.22. The standard InChI is InChI=1S/C24H24ClFNO3PS/c25-23-15-22(12-10-18(23)9-11-19(27)13-24(26)31-30-28)32-21-8-4-7-20(14-21)29-16-17-5-2-1-3-6-17/h1-8,10,12-15,19,28,31H,9,11,16,27H2/b24-13-. The molecule has 0 amide bonds. The van der Waals surface area contributed by atoms with Crippen molar-refractivity contribution in [2.24, 2.45) is 5.73 Å². The lowest BCUT2D eigenvalue weighted by Gasteiger charge is -2.11. The van der Waals surface area contributed by atoms with Gasteiger partial charge in [0, 0.05) is 20.9 Å². The topological polar surface area (TPSA) is 64.7 Å². The fourth-order valence-corrected chi connectivity index (χ4v) is 4.59. The van der Waals surface area contributed by atoms with Crippen LogP contribution in [0.2, 0.25) is 5.02 Å². The van der Waals surface area contributed by atoms with Gasteiger partial charge in [0.05, 0.1) is 0 Å². The van der Waals surface area contributed by atoms with E-state index in [0.717, 1.165) is 26.7 Å². The van der Waals surface area contributed by atoms with Gasteiger partial charge in [-0.3, -0.25) is 0 Å². The zero-order valence-electron chi connectivity index (χ0n) is 17.2. The van der Waals surface area contributed by atoms with E-state index in [0.29, 0.717) is 24.5 Å². The van der Waals surface area contributed by atoms with Gasteiger partial charge < -0.3 is 10.5 Å². The number of ether oxygens (including phenoxy) is 1. The molecule has 0 bridgehead atoms. The van der Waals surface area contributed by atoms with Gasteiger partial charge in [0.15, 0.2) is 0 Å². The van der Waals surface area contributed by atoms with E-state index in [1.807, 2.05) is 72.8 Å². The van der Waals surface area contributed by atoms with Crippen LogP contribution in [-0.2, 0) is 17.7 Å². The lowest BCUT2D eigenvalue weighted by molar-refractivity contribution is -0.122. The molecule has 0 aliphatic rings. The van der Waals surface area contributed by atoms with Gasteiger partial charge in [-0.1, -0.05) is 65.8 Å².